The molecule has 1 amide bonds. The van der Waals surface area contributed by atoms with E-state index in [9.17, 15) is 31.1 Å². The van der Waals surface area contributed by atoms with Gasteiger partial charge in [0.25, 0.3) is 5.91 Å². The number of hydrogen-bond donors (Lipinski definition) is 1. The van der Waals surface area contributed by atoms with Gasteiger partial charge in [0.1, 0.15) is 11.4 Å². The zero-order valence-corrected chi connectivity index (χ0v) is 20.5. The number of rotatable bonds is 6. The number of fused-ring (bicyclic) bond motifs is 1. The Kier molecular flexibility index (Phi) is 6.65. The predicted molar refractivity (Wildman–Crippen MR) is 130 cm³/mol. The van der Waals surface area contributed by atoms with Crippen molar-refractivity contribution in [3.8, 4) is 11.1 Å². The first-order chi connectivity index (χ1) is 18.4. The topological polar surface area (TPSA) is 63.3 Å². The van der Waals surface area contributed by atoms with Gasteiger partial charge in [-0.15, -0.1) is 0 Å². The normalized spacial score (nSPS) is 14.4. The molecule has 5 rings (SSSR count). The molecule has 39 heavy (non-hydrogen) atoms. The van der Waals surface area contributed by atoms with Crippen LogP contribution in [0.4, 0.5) is 32.2 Å². The van der Waals surface area contributed by atoms with E-state index in [1.807, 2.05) is 12.1 Å². The Balaban J connectivity index is 1.40. The van der Waals surface area contributed by atoms with Gasteiger partial charge in [-0.2, -0.15) is 31.4 Å². The van der Waals surface area contributed by atoms with Crippen molar-refractivity contribution in [1.82, 2.24) is 15.1 Å². The van der Waals surface area contributed by atoms with Gasteiger partial charge in [0, 0.05) is 18.7 Å². The molecule has 0 bridgehead atoms. The Morgan fingerprint density at radius 1 is 0.949 bits per heavy atom. The van der Waals surface area contributed by atoms with Crippen molar-refractivity contribution in [2.45, 2.75) is 38.4 Å². The highest BCUT2D eigenvalue weighted by atomic mass is 19.4. The molecule has 2 aromatic carbocycles. The van der Waals surface area contributed by atoms with Crippen LogP contribution in [0.15, 0.2) is 71.5 Å². The Hall–Kier alpha value is -4.22. The largest absolute Gasteiger partial charge is 0.472 e. The van der Waals surface area contributed by atoms with Crippen LogP contribution in [0.5, 0.6) is 0 Å². The van der Waals surface area contributed by atoms with Gasteiger partial charge in [0.05, 0.1) is 30.7 Å². The third kappa shape index (κ3) is 5.36. The van der Waals surface area contributed by atoms with Crippen molar-refractivity contribution in [3.05, 3.63) is 95.1 Å². The third-order valence-corrected chi connectivity index (χ3v) is 6.57. The van der Waals surface area contributed by atoms with Crippen LogP contribution in [0, 0.1) is 0 Å². The molecule has 0 radical (unpaired) electrons. The van der Waals surface area contributed by atoms with E-state index >= 15 is 0 Å². The molecule has 204 valence electrons. The molecule has 1 N–H and O–H groups in total. The zero-order chi connectivity index (χ0) is 27.9. The standard InChI is InChI=1S/C27H22F6N4O2/c1-16(18-4-6-19(7-5-18)20-10-13-39-15-20)34-24(38)22-23(27(31,32)33)35-37-12-11-36(25(22)37)14-17-2-8-21(9-3-17)26(28,29)30/h2-10,13,15-16H,11-12,14H2,1H3,(H,34,38). The number of alkyl halides is 6. The summed E-state index contributed by atoms with van der Waals surface area (Å²) in [7, 11) is 0. The highest BCUT2D eigenvalue weighted by molar-refractivity contribution is 6.01. The summed E-state index contributed by atoms with van der Waals surface area (Å²) in [6, 6.07) is 12.7. The summed E-state index contributed by atoms with van der Waals surface area (Å²) in [5.74, 6) is -0.975. The van der Waals surface area contributed by atoms with Gasteiger partial charge < -0.3 is 14.6 Å². The van der Waals surface area contributed by atoms with Gasteiger partial charge >= 0.3 is 12.4 Å². The van der Waals surface area contributed by atoms with Crippen LogP contribution in [0.2, 0.25) is 0 Å². The molecular weight excluding hydrogens is 526 g/mol. The predicted octanol–water partition coefficient (Wildman–Crippen LogP) is 6.69. The summed E-state index contributed by atoms with van der Waals surface area (Å²) in [5.41, 5.74) is 0.0981. The van der Waals surface area contributed by atoms with E-state index in [-0.39, 0.29) is 25.5 Å². The molecule has 2 aromatic heterocycles. The number of furan rings is 1. The van der Waals surface area contributed by atoms with Gasteiger partial charge in [0.2, 0.25) is 0 Å². The molecule has 0 aliphatic carbocycles. The van der Waals surface area contributed by atoms with Crippen LogP contribution in [0.3, 0.4) is 0 Å². The maximum atomic E-state index is 13.9. The second-order valence-corrected chi connectivity index (χ2v) is 9.21. The zero-order valence-electron chi connectivity index (χ0n) is 20.5. The molecule has 0 fully saturated rings. The highest BCUT2D eigenvalue weighted by Crippen LogP contribution is 2.39. The number of amides is 1. The Morgan fingerprint density at radius 2 is 1.64 bits per heavy atom. The van der Waals surface area contributed by atoms with Crippen molar-refractivity contribution in [3.63, 3.8) is 0 Å². The van der Waals surface area contributed by atoms with Crippen molar-refractivity contribution in [2.24, 2.45) is 0 Å². The fraction of sp³-hybridized carbons (Fsp3) is 0.259. The Labute approximate surface area is 218 Å². The monoisotopic (exact) mass is 548 g/mol. The highest BCUT2D eigenvalue weighted by Gasteiger charge is 2.44. The minimum absolute atomic E-state index is 0.00638. The van der Waals surface area contributed by atoms with Crippen molar-refractivity contribution >= 4 is 11.7 Å². The number of hydrogen-bond acceptors (Lipinski definition) is 4. The van der Waals surface area contributed by atoms with E-state index in [2.05, 4.69) is 10.4 Å². The van der Waals surface area contributed by atoms with E-state index in [1.165, 1.54) is 23.3 Å². The van der Waals surface area contributed by atoms with Crippen LogP contribution in [-0.4, -0.2) is 22.2 Å². The number of benzene rings is 2. The molecule has 1 atom stereocenters. The van der Waals surface area contributed by atoms with Crippen LogP contribution < -0.4 is 10.2 Å². The molecule has 1 aliphatic heterocycles. The molecule has 3 heterocycles. The maximum Gasteiger partial charge on any atom is 0.436 e. The molecule has 0 saturated heterocycles. The number of aromatic nitrogens is 2. The average molecular weight is 548 g/mol. The van der Waals surface area contributed by atoms with E-state index in [4.69, 9.17) is 4.42 Å². The lowest BCUT2D eigenvalue weighted by Crippen LogP contribution is -2.31. The lowest BCUT2D eigenvalue weighted by molar-refractivity contribution is -0.142. The fourth-order valence-electron chi connectivity index (χ4n) is 4.58. The minimum atomic E-state index is -4.89. The van der Waals surface area contributed by atoms with Crippen LogP contribution in [0.1, 0.15) is 45.7 Å². The first-order valence-electron chi connectivity index (χ1n) is 11.9. The van der Waals surface area contributed by atoms with E-state index < -0.39 is 41.1 Å². The lowest BCUT2D eigenvalue weighted by Gasteiger charge is -2.21. The molecule has 0 saturated carbocycles. The molecule has 12 heteroatoms. The van der Waals surface area contributed by atoms with Gasteiger partial charge in [-0.25, -0.2) is 4.68 Å². The number of halogens is 6. The molecule has 1 unspecified atom stereocenters. The number of nitrogens with zero attached hydrogens (tertiary/aromatic N) is 3. The lowest BCUT2D eigenvalue weighted by atomic mass is 10.0. The van der Waals surface area contributed by atoms with E-state index in [0.717, 1.165) is 27.9 Å². The Bertz CT molecular complexity index is 1460. The summed E-state index contributed by atoms with van der Waals surface area (Å²) in [4.78, 5) is 14.8. The van der Waals surface area contributed by atoms with Gasteiger partial charge in [-0.1, -0.05) is 36.4 Å². The average Bonchev–Trinajstić information content (AvgIpc) is 3.62. The molecule has 4 aromatic rings. The Morgan fingerprint density at radius 3 is 2.23 bits per heavy atom. The van der Waals surface area contributed by atoms with E-state index in [0.29, 0.717) is 11.1 Å². The summed E-state index contributed by atoms with van der Waals surface area (Å²) in [6.07, 6.45) is -6.28. The van der Waals surface area contributed by atoms with Crippen LogP contribution in [-0.2, 0) is 25.4 Å². The van der Waals surface area contributed by atoms with Crippen molar-refractivity contribution in [1.29, 1.82) is 0 Å². The number of nitrogens with one attached hydrogen (secondary N) is 1. The molecule has 0 spiro atoms. The third-order valence-electron chi connectivity index (χ3n) is 6.57. The quantitative estimate of drug-likeness (QED) is 0.273. The van der Waals surface area contributed by atoms with Crippen LogP contribution >= 0.6 is 0 Å². The van der Waals surface area contributed by atoms with Crippen molar-refractivity contribution in [2.75, 3.05) is 11.4 Å². The second kappa shape index (κ2) is 9.83. The maximum absolute atomic E-state index is 13.9. The van der Waals surface area contributed by atoms with Gasteiger partial charge in [-0.3, -0.25) is 4.79 Å². The summed E-state index contributed by atoms with van der Waals surface area (Å²) in [6.45, 7) is 2.00. The SMILES string of the molecule is CC(NC(=O)c1c(C(F)(F)F)nn2c1N(Cc1ccc(C(F)(F)F)cc1)CC2)c1ccc(-c2ccoc2)cc1. The summed E-state index contributed by atoms with van der Waals surface area (Å²) >= 11 is 0. The van der Waals surface area contributed by atoms with Crippen molar-refractivity contribution < 1.29 is 35.6 Å². The van der Waals surface area contributed by atoms with Crippen LogP contribution in [0.25, 0.3) is 11.1 Å². The minimum Gasteiger partial charge on any atom is -0.472 e. The number of anilines is 1. The van der Waals surface area contributed by atoms with E-state index in [1.54, 1.807) is 31.4 Å². The first-order valence-corrected chi connectivity index (χ1v) is 11.9. The second-order valence-electron chi connectivity index (χ2n) is 9.21. The molecule has 1 aliphatic rings. The number of carbonyl (C=O) groups is 1. The van der Waals surface area contributed by atoms with Gasteiger partial charge in [0.15, 0.2) is 5.69 Å². The first kappa shape index (κ1) is 26.4. The summed E-state index contributed by atoms with van der Waals surface area (Å²) < 4.78 is 86.7. The number of carbonyl (C=O) groups excluding carboxylic acids is 1. The fourth-order valence-corrected chi connectivity index (χ4v) is 4.58. The smallest absolute Gasteiger partial charge is 0.436 e. The summed E-state index contributed by atoms with van der Waals surface area (Å²) in [5, 5.41) is 6.31. The molecular formula is C27H22F6N4O2. The van der Waals surface area contributed by atoms with Gasteiger partial charge in [-0.05, 0) is 41.8 Å². The molecule has 6 nitrogen and oxygen atoms in total.